The van der Waals surface area contributed by atoms with E-state index in [1.54, 1.807) is 24.3 Å². The molecular formula is C12H17N3OS. The van der Waals surface area contributed by atoms with Crippen LogP contribution in [-0.2, 0) is 0 Å². The second-order valence-corrected chi connectivity index (χ2v) is 4.61. The quantitative estimate of drug-likeness (QED) is 0.713. The zero-order valence-corrected chi connectivity index (χ0v) is 10.8. The smallest absolute Gasteiger partial charge is 0.251 e. The van der Waals surface area contributed by atoms with Crippen LogP contribution >= 0.6 is 12.2 Å². The number of thiocarbonyl (C=S) groups is 1. The number of carbonyl (C=O) groups excluding carboxylic acids is 1. The number of nitrogens with one attached hydrogen (secondary N) is 2. The van der Waals surface area contributed by atoms with Crippen molar-refractivity contribution in [3.05, 3.63) is 29.8 Å². The zero-order valence-electron chi connectivity index (χ0n) is 9.99. The van der Waals surface area contributed by atoms with Gasteiger partial charge in [-0.05, 0) is 36.3 Å². The summed E-state index contributed by atoms with van der Waals surface area (Å²) in [6.07, 6.45) is 0. The fraction of sp³-hybridized carbons (Fsp3) is 0.333. The van der Waals surface area contributed by atoms with Gasteiger partial charge in [0.25, 0.3) is 5.91 Å². The normalized spacial score (nSPS) is 10.1. The fourth-order valence-corrected chi connectivity index (χ4v) is 1.40. The first-order chi connectivity index (χ1) is 7.99. The number of hydrogen-bond acceptors (Lipinski definition) is 2. The fourth-order valence-electron chi connectivity index (χ4n) is 1.28. The van der Waals surface area contributed by atoms with Crippen LogP contribution < -0.4 is 16.4 Å². The van der Waals surface area contributed by atoms with Crippen LogP contribution in [0, 0.1) is 5.92 Å². The lowest BCUT2D eigenvalue weighted by Crippen LogP contribution is -2.27. The first kappa shape index (κ1) is 13.4. The molecule has 0 fully saturated rings. The average Bonchev–Trinajstić information content (AvgIpc) is 2.25. The van der Waals surface area contributed by atoms with Crippen molar-refractivity contribution in [2.45, 2.75) is 13.8 Å². The van der Waals surface area contributed by atoms with E-state index >= 15 is 0 Å². The number of carbonyl (C=O) groups is 1. The van der Waals surface area contributed by atoms with Gasteiger partial charge in [-0.25, -0.2) is 0 Å². The maximum atomic E-state index is 11.8. The number of rotatable bonds is 4. The van der Waals surface area contributed by atoms with Gasteiger partial charge in [0.15, 0.2) is 5.11 Å². The van der Waals surface area contributed by atoms with Gasteiger partial charge in [0, 0.05) is 17.8 Å². The van der Waals surface area contributed by atoms with E-state index < -0.39 is 0 Å². The highest BCUT2D eigenvalue weighted by atomic mass is 32.1. The SMILES string of the molecule is CC(C)CNC(=O)c1cccc(NC(N)=S)c1. The molecule has 0 aromatic heterocycles. The predicted molar refractivity (Wildman–Crippen MR) is 74.0 cm³/mol. The van der Waals surface area contributed by atoms with Crippen LogP contribution in [0.5, 0.6) is 0 Å². The minimum atomic E-state index is -0.0923. The zero-order chi connectivity index (χ0) is 12.8. The summed E-state index contributed by atoms with van der Waals surface area (Å²) >= 11 is 4.74. The Morgan fingerprint density at radius 3 is 2.76 bits per heavy atom. The molecule has 0 spiro atoms. The van der Waals surface area contributed by atoms with E-state index in [4.69, 9.17) is 18.0 Å². The van der Waals surface area contributed by atoms with Gasteiger partial charge in [-0.2, -0.15) is 0 Å². The van der Waals surface area contributed by atoms with Gasteiger partial charge >= 0.3 is 0 Å². The topological polar surface area (TPSA) is 67.2 Å². The lowest BCUT2D eigenvalue weighted by atomic mass is 10.1. The molecule has 1 aromatic rings. The molecule has 92 valence electrons. The molecule has 0 bridgehead atoms. The van der Waals surface area contributed by atoms with E-state index in [0.717, 1.165) is 5.69 Å². The van der Waals surface area contributed by atoms with Gasteiger partial charge in [0.2, 0.25) is 0 Å². The molecule has 1 amide bonds. The molecule has 0 unspecified atom stereocenters. The van der Waals surface area contributed by atoms with Gasteiger partial charge in [0.05, 0.1) is 0 Å². The van der Waals surface area contributed by atoms with Crippen LogP contribution in [0.15, 0.2) is 24.3 Å². The summed E-state index contributed by atoms with van der Waals surface area (Å²) in [6, 6.07) is 7.05. The summed E-state index contributed by atoms with van der Waals surface area (Å²) in [4.78, 5) is 11.8. The molecule has 0 saturated carbocycles. The standard InChI is InChI=1S/C12H17N3OS/c1-8(2)7-14-11(16)9-4-3-5-10(6-9)15-12(13)17/h3-6,8H,7H2,1-2H3,(H,14,16)(H3,13,15,17). The first-order valence-corrected chi connectivity index (χ1v) is 5.84. The maximum absolute atomic E-state index is 11.8. The van der Waals surface area contributed by atoms with Gasteiger partial charge in [-0.15, -0.1) is 0 Å². The molecule has 0 radical (unpaired) electrons. The minimum Gasteiger partial charge on any atom is -0.376 e. The molecule has 0 saturated heterocycles. The van der Waals surface area contributed by atoms with E-state index in [1.807, 2.05) is 13.8 Å². The Kier molecular flexibility index (Phi) is 4.90. The summed E-state index contributed by atoms with van der Waals surface area (Å²) in [7, 11) is 0. The van der Waals surface area contributed by atoms with Crippen LogP contribution in [0.2, 0.25) is 0 Å². The molecule has 0 atom stereocenters. The summed E-state index contributed by atoms with van der Waals surface area (Å²) in [5, 5.41) is 5.83. The molecule has 4 nitrogen and oxygen atoms in total. The number of hydrogen-bond donors (Lipinski definition) is 3. The summed E-state index contributed by atoms with van der Waals surface area (Å²) in [5.41, 5.74) is 6.68. The molecule has 0 aliphatic rings. The second kappa shape index (κ2) is 6.20. The van der Waals surface area contributed by atoms with Crippen LogP contribution in [0.1, 0.15) is 24.2 Å². The number of amides is 1. The van der Waals surface area contributed by atoms with Crippen molar-refractivity contribution in [2.24, 2.45) is 11.7 Å². The molecule has 1 aromatic carbocycles. The van der Waals surface area contributed by atoms with Gasteiger partial charge in [-0.1, -0.05) is 19.9 Å². The molecule has 5 heteroatoms. The Morgan fingerprint density at radius 2 is 2.18 bits per heavy atom. The highest BCUT2D eigenvalue weighted by Gasteiger charge is 2.06. The van der Waals surface area contributed by atoms with E-state index in [2.05, 4.69) is 10.6 Å². The molecule has 17 heavy (non-hydrogen) atoms. The highest BCUT2D eigenvalue weighted by molar-refractivity contribution is 7.80. The van der Waals surface area contributed by atoms with E-state index in [0.29, 0.717) is 18.0 Å². The second-order valence-electron chi connectivity index (χ2n) is 4.17. The molecule has 1 rings (SSSR count). The summed E-state index contributed by atoms with van der Waals surface area (Å²) in [5.74, 6) is 0.335. The minimum absolute atomic E-state index is 0.0923. The predicted octanol–water partition coefficient (Wildman–Crippen LogP) is 1.73. The molecular weight excluding hydrogens is 234 g/mol. The van der Waals surface area contributed by atoms with Crippen molar-refractivity contribution in [1.29, 1.82) is 0 Å². The Morgan fingerprint density at radius 1 is 1.47 bits per heavy atom. The highest BCUT2D eigenvalue weighted by Crippen LogP contribution is 2.10. The third-order valence-electron chi connectivity index (χ3n) is 2.06. The summed E-state index contributed by atoms with van der Waals surface area (Å²) in [6.45, 7) is 4.75. The van der Waals surface area contributed by atoms with Crippen LogP contribution in [0.4, 0.5) is 5.69 Å². The van der Waals surface area contributed by atoms with Crippen molar-refractivity contribution >= 4 is 28.9 Å². The molecule has 0 aliphatic heterocycles. The third kappa shape index (κ3) is 4.82. The molecule has 0 heterocycles. The van der Waals surface area contributed by atoms with Crippen molar-refractivity contribution in [3.8, 4) is 0 Å². The van der Waals surface area contributed by atoms with E-state index in [9.17, 15) is 4.79 Å². The van der Waals surface area contributed by atoms with Gasteiger partial charge in [-0.3, -0.25) is 4.79 Å². The van der Waals surface area contributed by atoms with Crippen LogP contribution in [0.25, 0.3) is 0 Å². The monoisotopic (exact) mass is 251 g/mol. The lowest BCUT2D eigenvalue weighted by Gasteiger charge is -2.09. The Hall–Kier alpha value is -1.62. The summed E-state index contributed by atoms with van der Waals surface area (Å²) < 4.78 is 0. The number of nitrogens with two attached hydrogens (primary N) is 1. The van der Waals surface area contributed by atoms with E-state index in [1.165, 1.54) is 0 Å². The largest absolute Gasteiger partial charge is 0.376 e. The number of benzene rings is 1. The Balaban J connectivity index is 2.70. The maximum Gasteiger partial charge on any atom is 0.251 e. The molecule has 4 N–H and O–H groups in total. The van der Waals surface area contributed by atoms with Crippen molar-refractivity contribution < 1.29 is 4.79 Å². The van der Waals surface area contributed by atoms with Gasteiger partial charge < -0.3 is 16.4 Å². The van der Waals surface area contributed by atoms with Crippen molar-refractivity contribution in [2.75, 3.05) is 11.9 Å². The van der Waals surface area contributed by atoms with Crippen LogP contribution in [-0.4, -0.2) is 17.6 Å². The Labute approximate surface area is 107 Å². The lowest BCUT2D eigenvalue weighted by molar-refractivity contribution is 0.0949. The molecule has 0 aliphatic carbocycles. The Bertz CT molecular complexity index is 418. The van der Waals surface area contributed by atoms with Gasteiger partial charge in [0.1, 0.15) is 0 Å². The third-order valence-corrected chi connectivity index (χ3v) is 2.17. The van der Waals surface area contributed by atoms with E-state index in [-0.39, 0.29) is 11.0 Å². The van der Waals surface area contributed by atoms with Crippen molar-refractivity contribution in [1.82, 2.24) is 5.32 Å². The van der Waals surface area contributed by atoms with Crippen LogP contribution in [0.3, 0.4) is 0 Å². The average molecular weight is 251 g/mol. The number of anilines is 1. The first-order valence-electron chi connectivity index (χ1n) is 5.43. The van der Waals surface area contributed by atoms with Crippen molar-refractivity contribution in [3.63, 3.8) is 0 Å².